The summed E-state index contributed by atoms with van der Waals surface area (Å²) in [6.45, 7) is 5.55. The van der Waals surface area contributed by atoms with Crippen LogP contribution in [0.2, 0.25) is 0 Å². The first-order valence-corrected chi connectivity index (χ1v) is 3.56. The van der Waals surface area contributed by atoms with Crippen LogP contribution < -0.4 is 5.73 Å². The summed E-state index contributed by atoms with van der Waals surface area (Å²) in [7, 11) is 1.50. The zero-order valence-electron chi connectivity index (χ0n) is 7.02. The van der Waals surface area contributed by atoms with Gasteiger partial charge in [0.15, 0.2) is 5.79 Å². The van der Waals surface area contributed by atoms with E-state index >= 15 is 0 Å². The Kier molecular flexibility index (Phi) is 4.60. The highest BCUT2D eigenvalue weighted by Crippen LogP contribution is 2.15. The molecule has 10 heavy (non-hydrogen) atoms. The molecule has 2 N–H and O–H groups in total. The molecule has 3 nitrogen and oxygen atoms in total. The first-order valence-electron chi connectivity index (χ1n) is 3.56. The lowest BCUT2D eigenvalue weighted by atomic mass is 10.3. The van der Waals surface area contributed by atoms with Crippen molar-refractivity contribution in [2.45, 2.75) is 26.1 Å². The predicted octanol–water partition coefficient (Wildman–Crippen LogP) is 0.734. The Morgan fingerprint density at radius 2 is 1.50 bits per heavy atom. The monoisotopic (exact) mass is 147 g/mol. The molecule has 0 radical (unpaired) electrons. The van der Waals surface area contributed by atoms with Gasteiger partial charge in [-0.1, -0.05) is 0 Å². The van der Waals surface area contributed by atoms with E-state index in [4.69, 9.17) is 9.47 Å². The van der Waals surface area contributed by atoms with E-state index in [-0.39, 0.29) is 5.79 Å². The molecule has 1 aliphatic rings. The van der Waals surface area contributed by atoms with Crippen LogP contribution in [-0.4, -0.2) is 26.0 Å². The second-order valence-electron chi connectivity index (χ2n) is 2.45. The summed E-state index contributed by atoms with van der Waals surface area (Å²) in [6.07, 6.45) is 1.03. The van der Waals surface area contributed by atoms with Crippen LogP contribution in [0.3, 0.4) is 0 Å². The van der Waals surface area contributed by atoms with Gasteiger partial charge in [0, 0.05) is 0 Å². The van der Waals surface area contributed by atoms with E-state index in [0.717, 1.165) is 19.6 Å². The van der Waals surface area contributed by atoms with Gasteiger partial charge in [-0.05, 0) is 27.3 Å². The molecule has 0 aromatic heterocycles. The smallest absolute Gasteiger partial charge is 0.162 e. The Morgan fingerprint density at radius 3 is 1.70 bits per heavy atom. The van der Waals surface area contributed by atoms with E-state index in [1.807, 2.05) is 13.8 Å². The van der Waals surface area contributed by atoms with Crippen LogP contribution >= 0.6 is 0 Å². The third-order valence-electron chi connectivity index (χ3n) is 1.19. The maximum absolute atomic E-state index is 5.24. The molecule has 1 fully saturated rings. The fourth-order valence-electron chi connectivity index (χ4n) is 0.737. The number of nitrogens with two attached hydrogens (primary N) is 1. The minimum absolute atomic E-state index is 0.321. The first-order chi connectivity index (χ1) is 4.71. The van der Waals surface area contributed by atoms with E-state index in [9.17, 15) is 0 Å². The topological polar surface area (TPSA) is 44.5 Å². The van der Waals surface area contributed by atoms with E-state index in [0.29, 0.717) is 0 Å². The molecule has 0 atom stereocenters. The van der Waals surface area contributed by atoms with Gasteiger partial charge in [0.2, 0.25) is 0 Å². The van der Waals surface area contributed by atoms with Gasteiger partial charge in [-0.2, -0.15) is 0 Å². The minimum Gasteiger partial charge on any atom is -0.350 e. The summed E-state index contributed by atoms with van der Waals surface area (Å²) in [4.78, 5) is 0. The van der Waals surface area contributed by atoms with Crippen LogP contribution in [0, 0.1) is 0 Å². The van der Waals surface area contributed by atoms with Crippen LogP contribution in [-0.2, 0) is 9.47 Å². The summed E-state index contributed by atoms with van der Waals surface area (Å²) < 4.78 is 10.5. The minimum atomic E-state index is -0.321. The van der Waals surface area contributed by atoms with Crippen molar-refractivity contribution in [3.8, 4) is 0 Å². The molecule has 0 spiro atoms. The summed E-state index contributed by atoms with van der Waals surface area (Å²) in [5, 5.41) is 0. The van der Waals surface area contributed by atoms with Gasteiger partial charge >= 0.3 is 0 Å². The first kappa shape index (κ1) is 9.88. The van der Waals surface area contributed by atoms with Gasteiger partial charge in [0.1, 0.15) is 0 Å². The highest BCUT2D eigenvalue weighted by molar-refractivity contribution is 4.57. The summed E-state index contributed by atoms with van der Waals surface area (Å²) in [5.41, 5.74) is 4.50. The van der Waals surface area contributed by atoms with Gasteiger partial charge in [-0.25, -0.2) is 0 Å². The molecule has 0 bridgehead atoms. The lowest BCUT2D eigenvalue weighted by molar-refractivity contribution is -0.244. The second kappa shape index (κ2) is 4.66. The van der Waals surface area contributed by atoms with Crippen LogP contribution in [0.25, 0.3) is 0 Å². The number of hydrogen-bond donors (Lipinski definition) is 1. The highest BCUT2D eigenvalue weighted by atomic mass is 16.7. The van der Waals surface area contributed by atoms with E-state index < -0.39 is 0 Å². The molecule has 0 saturated carbocycles. The van der Waals surface area contributed by atoms with Gasteiger partial charge in [-0.15, -0.1) is 0 Å². The Hall–Kier alpha value is -0.120. The van der Waals surface area contributed by atoms with Crippen molar-refractivity contribution in [2.24, 2.45) is 5.73 Å². The van der Waals surface area contributed by atoms with Crippen LogP contribution in [0.5, 0.6) is 0 Å². The fraction of sp³-hybridized carbons (Fsp3) is 1.00. The maximum atomic E-state index is 5.24. The molecule has 3 heteroatoms. The maximum Gasteiger partial charge on any atom is 0.162 e. The number of ether oxygens (including phenoxy) is 2. The van der Waals surface area contributed by atoms with Gasteiger partial charge < -0.3 is 15.2 Å². The lowest BCUT2D eigenvalue weighted by Crippen LogP contribution is -2.33. The van der Waals surface area contributed by atoms with Crippen molar-refractivity contribution in [3.05, 3.63) is 0 Å². The molecule has 0 amide bonds. The van der Waals surface area contributed by atoms with Gasteiger partial charge in [0.05, 0.1) is 13.2 Å². The number of hydrogen-bond acceptors (Lipinski definition) is 3. The number of rotatable bonds is 0. The van der Waals surface area contributed by atoms with Crippen molar-refractivity contribution in [1.29, 1.82) is 0 Å². The molecular formula is C7H17NO2. The molecule has 1 rings (SSSR count). The third-order valence-corrected chi connectivity index (χ3v) is 1.19. The molecular weight excluding hydrogens is 130 g/mol. The zero-order chi connectivity index (χ0) is 8.04. The molecule has 0 aromatic carbocycles. The van der Waals surface area contributed by atoms with E-state index in [2.05, 4.69) is 5.73 Å². The molecule has 1 heterocycles. The molecule has 0 aliphatic carbocycles. The van der Waals surface area contributed by atoms with Crippen molar-refractivity contribution in [1.82, 2.24) is 0 Å². The Balaban J connectivity index is 0.000000371. The SMILES string of the molecule is CC1(C)OCCCO1.CN. The molecule has 62 valence electrons. The summed E-state index contributed by atoms with van der Waals surface area (Å²) >= 11 is 0. The van der Waals surface area contributed by atoms with Crippen molar-refractivity contribution in [3.63, 3.8) is 0 Å². The van der Waals surface area contributed by atoms with Gasteiger partial charge in [-0.3, -0.25) is 0 Å². The lowest BCUT2D eigenvalue weighted by Gasteiger charge is -2.29. The highest BCUT2D eigenvalue weighted by Gasteiger charge is 2.21. The largest absolute Gasteiger partial charge is 0.350 e. The van der Waals surface area contributed by atoms with Crippen LogP contribution in [0.4, 0.5) is 0 Å². The standard InChI is InChI=1S/C6H12O2.CH5N/c1-6(2)7-4-3-5-8-6;1-2/h3-5H2,1-2H3;2H2,1H3. The summed E-state index contributed by atoms with van der Waals surface area (Å²) in [5.74, 6) is -0.321. The zero-order valence-corrected chi connectivity index (χ0v) is 7.02. The van der Waals surface area contributed by atoms with Crippen LogP contribution in [0.15, 0.2) is 0 Å². The Bertz CT molecular complexity index is 75.7. The average molecular weight is 147 g/mol. The molecule has 1 aliphatic heterocycles. The van der Waals surface area contributed by atoms with E-state index in [1.54, 1.807) is 0 Å². The van der Waals surface area contributed by atoms with Crippen molar-refractivity contribution >= 4 is 0 Å². The third kappa shape index (κ3) is 3.82. The second-order valence-corrected chi connectivity index (χ2v) is 2.45. The average Bonchev–Trinajstić information content (AvgIpc) is 1.92. The summed E-state index contributed by atoms with van der Waals surface area (Å²) in [6, 6.07) is 0. The normalized spacial score (nSPS) is 22.8. The molecule has 1 saturated heterocycles. The van der Waals surface area contributed by atoms with Crippen molar-refractivity contribution in [2.75, 3.05) is 20.3 Å². The predicted molar refractivity (Wildman–Crippen MR) is 40.7 cm³/mol. The van der Waals surface area contributed by atoms with Gasteiger partial charge in [0.25, 0.3) is 0 Å². The quantitative estimate of drug-likeness (QED) is 0.549. The fourth-order valence-corrected chi connectivity index (χ4v) is 0.737. The molecule has 0 unspecified atom stereocenters. The Morgan fingerprint density at radius 1 is 1.10 bits per heavy atom. The van der Waals surface area contributed by atoms with E-state index in [1.165, 1.54) is 7.05 Å². The Labute approximate surface area is 62.5 Å². The van der Waals surface area contributed by atoms with Crippen molar-refractivity contribution < 1.29 is 9.47 Å². The molecule has 0 aromatic rings. The van der Waals surface area contributed by atoms with Crippen LogP contribution in [0.1, 0.15) is 20.3 Å².